The molecular formula is C16H31N3O. The van der Waals surface area contributed by atoms with Crippen molar-refractivity contribution in [3.8, 4) is 0 Å². The fourth-order valence-electron chi connectivity index (χ4n) is 3.91. The molecule has 0 bridgehead atoms. The van der Waals surface area contributed by atoms with Crippen LogP contribution < -0.4 is 5.32 Å². The van der Waals surface area contributed by atoms with E-state index >= 15 is 0 Å². The number of nitrogens with zero attached hydrogens (tertiary/aromatic N) is 2. The van der Waals surface area contributed by atoms with Crippen molar-refractivity contribution in [1.29, 1.82) is 0 Å². The fourth-order valence-corrected chi connectivity index (χ4v) is 3.91. The molecule has 0 aromatic carbocycles. The second kappa shape index (κ2) is 6.44. The summed E-state index contributed by atoms with van der Waals surface area (Å²) < 4.78 is 0. The van der Waals surface area contributed by atoms with Gasteiger partial charge in [0.15, 0.2) is 0 Å². The molecule has 1 N–H and O–H groups in total. The molecule has 4 nitrogen and oxygen atoms in total. The van der Waals surface area contributed by atoms with Gasteiger partial charge in [-0.2, -0.15) is 0 Å². The van der Waals surface area contributed by atoms with Crippen LogP contribution in [0.2, 0.25) is 0 Å². The van der Waals surface area contributed by atoms with Crippen molar-refractivity contribution in [1.82, 2.24) is 15.1 Å². The smallest absolute Gasteiger partial charge is 0.230 e. The molecule has 2 fully saturated rings. The zero-order chi connectivity index (χ0) is 14.8. The average molecular weight is 281 g/mol. The largest absolute Gasteiger partial charge is 0.341 e. The molecule has 0 saturated carbocycles. The van der Waals surface area contributed by atoms with Crippen LogP contribution in [0.25, 0.3) is 0 Å². The van der Waals surface area contributed by atoms with E-state index in [1.165, 1.54) is 0 Å². The van der Waals surface area contributed by atoms with E-state index < -0.39 is 0 Å². The number of hydrogen-bond donors (Lipinski definition) is 1. The van der Waals surface area contributed by atoms with Crippen LogP contribution >= 0.6 is 0 Å². The standard InChI is InChI=1S/C16H31N3O/c1-5-18(6-2)14-7-10-19(11-14)15(20)16(13(3)4)8-9-17-12-16/h13-14,17H,5-12H2,1-4H3. The van der Waals surface area contributed by atoms with E-state index in [1.807, 2.05) is 0 Å². The maximum absolute atomic E-state index is 13.0. The first-order chi connectivity index (χ1) is 9.55. The summed E-state index contributed by atoms with van der Waals surface area (Å²) in [6.07, 6.45) is 2.13. The zero-order valence-electron chi connectivity index (χ0n) is 13.6. The van der Waals surface area contributed by atoms with Crippen molar-refractivity contribution in [3.63, 3.8) is 0 Å². The van der Waals surface area contributed by atoms with Crippen molar-refractivity contribution in [2.45, 2.75) is 46.6 Å². The molecule has 4 heteroatoms. The molecule has 0 spiro atoms. The molecule has 0 aromatic heterocycles. The lowest BCUT2D eigenvalue weighted by molar-refractivity contribution is -0.142. The van der Waals surface area contributed by atoms with Crippen molar-refractivity contribution in [3.05, 3.63) is 0 Å². The third kappa shape index (κ3) is 2.73. The second-order valence-electron chi connectivity index (χ2n) is 6.65. The Morgan fingerprint density at radius 1 is 1.40 bits per heavy atom. The number of rotatable bonds is 5. The highest BCUT2D eigenvalue weighted by Crippen LogP contribution is 2.37. The van der Waals surface area contributed by atoms with Gasteiger partial charge in [-0.25, -0.2) is 0 Å². The monoisotopic (exact) mass is 281 g/mol. The van der Waals surface area contributed by atoms with Crippen LogP contribution in [0, 0.1) is 11.3 Å². The summed E-state index contributed by atoms with van der Waals surface area (Å²) in [7, 11) is 0. The molecule has 1 amide bonds. The van der Waals surface area contributed by atoms with E-state index in [4.69, 9.17) is 0 Å². The summed E-state index contributed by atoms with van der Waals surface area (Å²) in [5.74, 6) is 0.810. The Morgan fingerprint density at radius 2 is 2.10 bits per heavy atom. The van der Waals surface area contributed by atoms with Gasteiger partial charge in [0.05, 0.1) is 5.41 Å². The number of likely N-dealkylation sites (tertiary alicyclic amines) is 1. The van der Waals surface area contributed by atoms with E-state index in [1.54, 1.807) is 0 Å². The lowest BCUT2D eigenvalue weighted by Gasteiger charge is -2.35. The summed E-state index contributed by atoms with van der Waals surface area (Å²) in [5, 5.41) is 3.40. The maximum Gasteiger partial charge on any atom is 0.230 e. The van der Waals surface area contributed by atoms with Gasteiger partial charge in [0.1, 0.15) is 0 Å². The van der Waals surface area contributed by atoms with Gasteiger partial charge in [-0.05, 0) is 38.4 Å². The van der Waals surface area contributed by atoms with Gasteiger partial charge in [-0.1, -0.05) is 27.7 Å². The quantitative estimate of drug-likeness (QED) is 0.831. The molecule has 2 aliphatic heterocycles. The Labute approximate surface area is 123 Å². The minimum atomic E-state index is -0.155. The van der Waals surface area contributed by atoms with Crippen molar-refractivity contribution in [2.75, 3.05) is 39.3 Å². The first-order valence-electron chi connectivity index (χ1n) is 8.29. The summed E-state index contributed by atoms with van der Waals surface area (Å²) in [5.41, 5.74) is -0.155. The predicted octanol–water partition coefficient (Wildman–Crippen LogP) is 1.56. The average Bonchev–Trinajstić information content (AvgIpc) is 3.09. The third-order valence-electron chi connectivity index (χ3n) is 5.50. The Morgan fingerprint density at radius 3 is 2.60 bits per heavy atom. The second-order valence-corrected chi connectivity index (χ2v) is 6.65. The number of likely N-dealkylation sites (N-methyl/N-ethyl adjacent to an activating group) is 1. The summed E-state index contributed by atoms with van der Waals surface area (Å²) in [6.45, 7) is 14.7. The molecule has 20 heavy (non-hydrogen) atoms. The van der Waals surface area contributed by atoms with Crippen LogP contribution in [-0.2, 0) is 4.79 Å². The molecule has 2 heterocycles. The summed E-state index contributed by atoms with van der Waals surface area (Å²) in [6, 6.07) is 0.563. The van der Waals surface area contributed by atoms with Crippen LogP contribution in [-0.4, -0.2) is 61.0 Å². The Hall–Kier alpha value is -0.610. The number of amides is 1. The molecule has 0 aliphatic carbocycles. The first kappa shape index (κ1) is 15.8. The highest BCUT2D eigenvalue weighted by molar-refractivity contribution is 5.84. The van der Waals surface area contributed by atoms with Gasteiger partial charge >= 0.3 is 0 Å². The Balaban J connectivity index is 2.03. The van der Waals surface area contributed by atoms with Crippen LogP contribution in [0.15, 0.2) is 0 Å². The molecule has 0 radical (unpaired) electrons. The Bertz CT molecular complexity index is 333. The van der Waals surface area contributed by atoms with E-state index in [-0.39, 0.29) is 5.41 Å². The number of carbonyl (C=O) groups is 1. The predicted molar refractivity (Wildman–Crippen MR) is 82.7 cm³/mol. The van der Waals surface area contributed by atoms with Gasteiger partial charge in [-0.15, -0.1) is 0 Å². The number of carbonyl (C=O) groups excluding carboxylic acids is 1. The van der Waals surface area contributed by atoms with Gasteiger partial charge in [0.25, 0.3) is 0 Å². The van der Waals surface area contributed by atoms with Crippen LogP contribution in [0.5, 0.6) is 0 Å². The zero-order valence-corrected chi connectivity index (χ0v) is 13.6. The molecule has 2 saturated heterocycles. The summed E-state index contributed by atoms with van der Waals surface area (Å²) in [4.78, 5) is 17.6. The molecule has 0 aromatic rings. The van der Waals surface area contributed by atoms with Crippen LogP contribution in [0.4, 0.5) is 0 Å². The molecule has 2 rings (SSSR count). The number of nitrogens with one attached hydrogen (secondary N) is 1. The first-order valence-corrected chi connectivity index (χ1v) is 8.29. The molecule has 116 valence electrons. The highest BCUT2D eigenvalue weighted by atomic mass is 16.2. The van der Waals surface area contributed by atoms with E-state index in [0.717, 1.165) is 52.1 Å². The lowest BCUT2D eigenvalue weighted by Crippen LogP contribution is -2.48. The van der Waals surface area contributed by atoms with E-state index in [0.29, 0.717) is 17.9 Å². The SMILES string of the molecule is CCN(CC)C1CCN(C(=O)C2(C(C)C)CCNC2)C1. The molecular weight excluding hydrogens is 250 g/mol. The van der Waals surface area contributed by atoms with Gasteiger partial charge < -0.3 is 10.2 Å². The van der Waals surface area contributed by atoms with Crippen LogP contribution in [0.1, 0.15) is 40.5 Å². The normalized spacial score (nSPS) is 30.7. The number of hydrogen-bond acceptors (Lipinski definition) is 3. The van der Waals surface area contributed by atoms with Gasteiger partial charge in [-0.3, -0.25) is 9.69 Å². The summed E-state index contributed by atoms with van der Waals surface area (Å²) >= 11 is 0. The van der Waals surface area contributed by atoms with Crippen LogP contribution in [0.3, 0.4) is 0 Å². The third-order valence-corrected chi connectivity index (χ3v) is 5.50. The topological polar surface area (TPSA) is 35.6 Å². The fraction of sp³-hybridized carbons (Fsp3) is 0.938. The minimum Gasteiger partial charge on any atom is -0.341 e. The van der Waals surface area contributed by atoms with E-state index in [2.05, 4.69) is 42.8 Å². The molecule has 2 aliphatic rings. The minimum absolute atomic E-state index is 0.155. The maximum atomic E-state index is 13.0. The molecule has 2 atom stereocenters. The van der Waals surface area contributed by atoms with E-state index in [9.17, 15) is 4.79 Å². The van der Waals surface area contributed by atoms with Gasteiger partial charge in [0.2, 0.25) is 5.91 Å². The lowest BCUT2D eigenvalue weighted by atomic mass is 9.75. The highest BCUT2D eigenvalue weighted by Gasteiger charge is 2.47. The molecule has 2 unspecified atom stereocenters. The van der Waals surface area contributed by atoms with Crippen molar-refractivity contribution >= 4 is 5.91 Å². The van der Waals surface area contributed by atoms with Crippen molar-refractivity contribution < 1.29 is 4.79 Å². The van der Waals surface area contributed by atoms with Gasteiger partial charge in [0, 0.05) is 25.7 Å². The van der Waals surface area contributed by atoms with Crippen molar-refractivity contribution in [2.24, 2.45) is 11.3 Å². The Kier molecular flexibility index (Phi) is 5.08.